The van der Waals surface area contributed by atoms with Gasteiger partial charge in [0.15, 0.2) is 5.82 Å². The number of ether oxygens (including phenoxy) is 1. The zero-order chi connectivity index (χ0) is 22.5. The lowest BCUT2D eigenvalue weighted by molar-refractivity contribution is 0.168. The second-order valence-electron chi connectivity index (χ2n) is 6.78. The number of carbonyl (C=O) groups excluding carboxylic acids is 1. The van der Waals surface area contributed by atoms with E-state index in [1.807, 2.05) is 18.2 Å². The number of aromatic amines is 1. The molecule has 0 aliphatic rings. The van der Waals surface area contributed by atoms with Gasteiger partial charge in [-0.1, -0.05) is 41.6 Å². The van der Waals surface area contributed by atoms with Crippen LogP contribution in [0, 0.1) is 0 Å². The summed E-state index contributed by atoms with van der Waals surface area (Å²) >= 11 is 0. The summed E-state index contributed by atoms with van der Waals surface area (Å²) in [5.74, 6) is -0.296. The van der Waals surface area contributed by atoms with Crippen LogP contribution in [-0.2, 0) is 11.3 Å². The van der Waals surface area contributed by atoms with Gasteiger partial charge >= 0.3 is 11.8 Å². The molecule has 32 heavy (non-hydrogen) atoms. The Balaban J connectivity index is 1.55. The maximum atomic E-state index is 12.4. The zero-order valence-electron chi connectivity index (χ0n) is 17.1. The molecule has 0 saturated heterocycles. The number of carbonyl (C=O) groups is 1. The van der Waals surface area contributed by atoms with Gasteiger partial charge in [0.05, 0.1) is 18.8 Å². The molecular formula is C22H19N5O5. The first-order chi connectivity index (χ1) is 15.5. The molecule has 0 unspecified atom stereocenters. The molecule has 2 N–H and O–H groups in total. The van der Waals surface area contributed by atoms with Gasteiger partial charge in [-0.15, -0.1) is 0 Å². The molecular weight excluding hydrogens is 414 g/mol. The summed E-state index contributed by atoms with van der Waals surface area (Å²) in [4.78, 5) is 37.6. The molecule has 0 fully saturated rings. The minimum atomic E-state index is -0.626. The highest BCUT2D eigenvalue weighted by atomic mass is 16.5. The Morgan fingerprint density at radius 3 is 2.59 bits per heavy atom. The van der Waals surface area contributed by atoms with E-state index in [0.717, 1.165) is 11.1 Å². The summed E-state index contributed by atoms with van der Waals surface area (Å²) in [5, 5.41) is 10.8. The number of H-pyrrole nitrogens is 1. The van der Waals surface area contributed by atoms with Gasteiger partial charge in [-0.25, -0.2) is 14.3 Å². The van der Waals surface area contributed by atoms with Gasteiger partial charge in [-0.05, 0) is 30.7 Å². The summed E-state index contributed by atoms with van der Waals surface area (Å²) in [6, 6.07) is 17.4. The maximum absolute atomic E-state index is 12.4. The molecule has 0 saturated carbocycles. The summed E-state index contributed by atoms with van der Waals surface area (Å²) in [6.45, 7) is 2.22. The van der Waals surface area contributed by atoms with E-state index in [1.165, 1.54) is 10.7 Å². The van der Waals surface area contributed by atoms with Crippen molar-refractivity contribution in [1.82, 2.24) is 19.9 Å². The van der Waals surface area contributed by atoms with E-state index in [2.05, 4.69) is 25.1 Å². The Morgan fingerprint density at radius 1 is 1.09 bits per heavy atom. The number of nitrogens with zero attached hydrogens (tertiary/aromatic N) is 3. The van der Waals surface area contributed by atoms with Gasteiger partial charge in [-0.2, -0.15) is 5.10 Å². The molecule has 0 atom stereocenters. The summed E-state index contributed by atoms with van der Waals surface area (Å²) in [7, 11) is 0. The molecule has 1 amide bonds. The van der Waals surface area contributed by atoms with Crippen molar-refractivity contribution in [3.05, 3.63) is 87.1 Å². The Hall–Kier alpha value is -4.47. The molecule has 0 spiro atoms. The van der Waals surface area contributed by atoms with Gasteiger partial charge in [0, 0.05) is 22.9 Å². The van der Waals surface area contributed by atoms with Crippen LogP contribution in [0.2, 0.25) is 0 Å². The van der Waals surface area contributed by atoms with Gasteiger partial charge in [0.25, 0.3) is 5.56 Å². The lowest BCUT2D eigenvalue weighted by Crippen LogP contribution is -2.23. The monoisotopic (exact) mass is 433 g/mol. The molecule has 0 bridgehead atoms. The molecule has 0 aliphatic carbocycles. The third-order valence-electron chi connectivity index (χ3n) is 4.54. The molecule has 4 rings (SSSR count). The van der Waals surface area contributed by atoms with E-state index in [4.69, 9.17) is 4.74 Å². The van der Waals surface area contributed by atoms with Gasteiger partial charge in [-0.3, -0.25) is 19.6 Å². The average molecular weight is 433 g/mol. The first-order valence-electron chi connectivity index (χ1n) is 9.79. The van der Waals surface area contributed by atoms with E-state index in [0.29, 0.717) is 22.8 Å². The van der Waals surface area contributed by atoms with Crippen LogP contribution in [0.5, 0.6) is 0 Å². The molecule has 10 nitrogen and oxygen atoms in total. The first-order valence-corrected chi connectivity index (χ1v) is 9.79. The quantitative estimate of drug-likeness (QED) is 0.478. The van der Waals surface area contributed by atoms with E-state index < -0.39 is 11.8 Å². The third-order valence-corrected chi connectivity index (χ3v) is 4.54. The topological polar surface area (TPSA) is 132 Å². The van der Waals surface area contributed by atoms with Crippen molar-refractivity contribution in [1.29, 1.82) is 0 Å². The minimum Gasteiger partial charge on any atom is -0.450 e. The largest absolute Gasteiger partial charge is 0.450 e. The van der Waals surface area contributed by atoms with Crippen LogP contribution < -0.4 is 16.6 Å². The Bertz CT molecular complexity index is 1350. The number of hydrogen-bond acceptors (Lipinski definition) is 7. The number of benzene rings is 2. The highest BCUT2D eigenvalue weighted by Crippen LogP contribution is 2.20. The van der Waals surface area contributed by atoms with Crippen LogP contribution in [0.4, 0.5) is 10.5 Å². The van der Waals surface area contributed by atoms with Gasteiger partial charge in [0.1, 0.15) is 0 Å². The molecule has 10 heteroatoms. The number of aromatic nitrogens is 4. The first kappa shape index (κ1) is 20.8. The van der Waals surface area contributed by atoms with Crippen LogP contribution in [0.15, 0.2) is 74.8 Å². The fourth-order valence-electron chi connectivity index (χ4n) is 3.07. The van der Waals surface area contributed by atoms with Crippen molar-refractivity contribution in [2.24, 2.45) is 0 Å². The highest BCUT2D eigenvalue weighted by molar-refractivity contribution is 5.84. The van der Waals surface area contributed by atoms with Gasteiger partial charge in [0.2, 0.25) is 0 Å². The number of rotatable bonds is 6. The molecule has 4 aromatic rings. The van der Waals surface area contributed by atoms with Crippen LogP contribution >= 0.6 is 0 Å². The highest BCUT2D eigenvalue weighted by Gasteiger charge is 2.08. The van der Waals surface area contributed by atoms with Crippen LogP contribution in [0.25, 0.3) is 22.6 Å². The smallest absolute Gasteiger partial charge is 0.439 e. The third kappa shape index (κ3) is 4.81. The van der Waals surface area contributed by atoms with E-state index in [-0.39, 0.29) is 18.7 Å². The fourth-order valence-corrected chi connectivity index (χ4v) is 3.07. The zero-order valence-corrected chi connectivity index (χ0v) is 17.1. The number of amides is 1. The predicted molar refractivity (Wildman–Crippen MR) is 116 cm³/mol. The van der Waals surface area contributed by atoms with E-state index >= 15 is 0 Å². The van der Waals surface area contributed by atoms with Crippen molar-refractivity contribution in [3.8, 4) is 22.6 Å². The van der Waals surface area contributed by atoms with Crippen LogP contribution in [-0.4, -0.2) is 32.6 Å². The SMILES string of the molecule is CCOC(=O)Nc1cccc(Cn2nc(-c3ccc(-c4noc(=O)[nH]4)cc3)ccc2=O)c1. The molecule has 2 heterocycles. The van der Waals surface area contributed by atoms with Crippen molar-refractivity contribution in [2.75, 3.05) is 11.9 Å². The van der Waals surface area contributed by atoms with Crippen molar-refractivity contribution < 1.29 is 14.1 Å². The normalized spacial score (nSPS) is 10.7. The second kappa shape index (κ2) is 9.13. The standard InChI is InChI=1S/C22H19N5O5/c1-2-31-21(29)23-17-5-3-4-14(12-17)13-27-19(28)11-10-18(25-27)15-6-8-16(9-7-15)20-24-22(30)32-26-20/h3-12H,2,13H2,1H3,(H,23,29)(H,24,26,30). The Labute approximate surface area is 181 Å². The Kier molecular flexibility index (Phi) is 5.93. The number of nitrogens with one attached hydrogen (secondary N) is 2. The van der Waals surface area contributed by atoms with Crippen molar-refractivity contribution in [2.45, 2.75) is 13.5 Å². The fraction of sp³-hybridized carbons (Fsp3) is 0.136. The van der Waals surface area contributed by atoms with Crippen molar-refractivity contribution >= 4 is 11.8 Å². The van der Waals surface area contributed by atoms with E-state index in [9.17, 15) is 14.4 Å². The van der Waals surface area contributed by atoms with Crippen LogP contribution in [0.3, 0.4) is 0 Å². The number of anilines is 1. The minimum absolute atomic E-state index is 0.225. The van der Waals surface area contributed by atoms with Crippen LogP contribution in [0.1, 0.15) is 12.5 Å². The molecule has 0 radical (unpaired) electrons. The number of hydrogen-bond donors (Lipinski definition) is 2. The van der Waals surface area contributed by atoms with E-state index in [1.54, 1.807) is 43.3 Å². The predicted octanol–water partition coefficient (Wildman–Crippen LogP) is 2.87. The Morgan fingerprint density at radius 2 is 1.88 bits per heavy atom. The summed E-state index contributed by atoms with van der Waals surface area (Å²) in [5.41, 5.74) is 3.16. The summed E-state index contributed by atoms with van der Waals surface area (Å²) < 4.78 is 10.7. The molecule has 0 aliphatic heterocycles. The molecule has 2 aromatic heterocycles. The summed E-state index contributed by atoms with van der Waals surface area (Å²) in [6.07, 6.45) is -0.542. The molecule has 2 aromatic carbocycles. The maximum Gasteiger partial charge on any atom is 0.439 e. The lowest BCUT2D eigenvalue weighted by atomic mass is 10.1. The average Bonchev–Trinajstić information content (AvgIpc) is 3.22. The second-order valence-corrected chi connectivity index (χ2v) is 6.78. The van der Waals surface area contributed by atoms with Gasteiger partial charge < -0.3 is 4.74 Å². The van der Waals surface area contributed by atoms with Crippen molar-refractivity contribution in [3.63, 3.8) is 0 Å². The molecule has 162 valence electrons. The lowest BCUT2D eigenvalue weighted by Gasteiger charge is -2.10.